The van der Waals surface area contributed by atoms with Crippen molar-refractivity contribution in [3.05, 3.63) is 96.4 Å². The first-order valence-corrected chi connectivity index (χ1v) is 11.0. The second kappa shape index (κ2) is 8.36. The summed E-state index contributed by atoms with van der Waals surface area (Å²) in [6, 6.07) is 16.4. The molecule has 1 aliphatic rings. The number of non-ortho nitro benzene ring substituents is 1. The van der Waals surface area contributed by atoms with Gasteiger partial charge >= 0.3 is 0 Å². The average molecular weight is 560 g/mol. The third-order valence-corrected chi connectivity index (χ3v) is 6.20. The van der Waals surface area contributed by atoms with E-state index in [1.807, 2.05) is 0 Å². The molecule has 10 heteroatoms. The van der Waals surface area contributed by atoms with E-state index in [9.17, 15) is 20.0 Å². The van der Waals surface area contributed by atoms with E-state index in [4.69, 9.17) is 0 Å². The van der Waals surface area contributed by atoms with Crippen LogP contribution in [0.25, 0.3) is 0 Å². The van der Waals surface area contributed by atoms with Gasteiger partial charge in [0.25, 0.3) is 11.6 Å². The number of carbonyl (C=O) groups excluding carboxylic acids is 1. The molecule has 0 saturated carbocycles. The molecule has 1 atom stereocenters. The topological polar surface area (TPSA) is 108 Å². The van der Waals surface area contributed by atoms with Gasteiger partial charge in [-0.25, -0.2) is 0 Å². The highest BCUT2D eigenvalue weighted by Gasteiger charge is 2.43. The van der Waals surface area contributed by atoms with Crippen LogP contribution in [0.15, 0.2) is 74.7 Å². The molecule has 8 nitrogen and oxygen atoms in total. The predicted octanol–water partition coefficient (Wildman–Crippen LogP) is 5.60. The van der Waals surface area contributed by atoms with Crippen molar-refractivity contribution in [3.63, 3.8) is 0 Å². The van der Waals surface area contributed by atoms with Gasteiger partial charge in [-0.05, 0) is 47.1 Å². The second-order valence-corrected chi connectivity index (χ2v) is 9.01. The number of nitrogens with one attached hydrogen (secondary N) is 1. The van der Waals surface area contributed by atoms with E-state index >= 15 is 0 Å². The molecule has 1 unspecified atom stereocenters. The lowest BCUT2D eigenvalue weighted by atomic mass is 9.95. The number of fused-ring (bicyclic) bond motifs is 1. The Bertz CT molecular complexity index is 1280. The molecule has 0 aromatic heterocycles. The minimum Gasteiger partial charge on any atom is -0.506 e. The molecule has 0 fully saturated rings. The molecule has 3 aromatic carbocycles. The van der Waals surface area contributed by atoms with E-state index < -0.39 is 16.5 Å². The molecule has 162 valence electrons. The summed E-state index contributed by atoms with van der Waals surface area (Å²) in [5.41, 5.74) is 0.519. The van der Waals surface area contributed by atoms with Crippen molar-refractivity contribution in [3.8, 4) is 5.75 Å². The molecule has 32 heavy (non-hydrogen) atoms. The van der Waals surface area contributed by atoms with Gasteiger partial charge in [0.05, 0.1) is 21.2 Å². The first-order valence-electron chi connectivity index (χ1n) is 9.39. The summed E-state index contributed by atoms with van der Waals surface area (Å²) >= 11 is 6.65. The lowest BCUT2D eigenvalue weighted by molar-refractivity contribution is -0.385. The Morgan fingerprint density at radius 1 is 1.16 bits per heavy atom. The molecule has 4 rings (SSSR count). The molecule has 0 spiro atoms. The highest BCUT2D eigenvalue weighted by Crippen LogP contribution is 2.39. The van der Waals surface area contributed by atoms with E-state index in [-0.39, 0.29) is 11.4 Å². The van der Waals surface area contributed by atoms with Gasteiger partial charge in [-0.2, -0.15) is 10.1 Å². The van der Waals surface area contributed by atoms with Crippen molar-refractivity contribution < 1.29 is 14.8 Å². The highest BCUT2D eigenvalue weighted by atomic mass is 79.9. The number of amides is 1. The first kappa shape index (κ1) is 22.0. The Balaban J connectivity index is 1.86. The van der Waals surface area contributed by atoms with Crippen LogP contribution in [-0.2, 0) is 5.66 Å². The Kier molecular flexibility index (Phi) is 5.74. The van der Waals surface area contributed by atoms with Gasteiger partial charge in [-0.15, -0.1) is 0 Å². The summed E-state index contributed by atoms with van der Waals surface area (Å²) in [6.45, 7) is 1.72. The number of hydrogen-bond donors (Lipinski definition) is 2. The lowest BCUT2D eigenvalue weighted by Gasteiger charge is -2.43. The summed E-state index contributed by atoms with van der Waals surface area (Å²) in [7, 11) is 0. The van der Waals surface area contributed by atoms with Crippen molar-refractivity contribution in [1.29, 1.82) is 0 Å². The Labute approximate surface area is 200 Å². The number of aromatic hydroxyl groups is 1. The Morgan fingerprint density at radius 2 is 1.91 bits per heavy atom. The number of carbonyl (C=O) groups is 1. The van der Waals surface area contributed by atoms with Crippen LogP contribution >= 0.6 is 31.9 Å². The fraction of sp³-hybridized carbons (Fsp3) is 0.0909. The van der Waals surface area contributed by atoms with Gasteiger partial charge < -0.3 is 10.4 Å². The zero-order chi connectivity index (χ0) is 23.0. The maximum Gasteiger partial charge on any atom is 0.278 e. The zero-order valence-corrected chi connectivity index (χ0v) is 19.8. The van der Waals surface area contributed by atoms with Gasteiger partial charge in [0, 0.05) is 33.4 Å². The van der Waals surface area contributed by atoms with Crippen LogP contribution in [0.2, 0.25) is 0 Å². The van der Waals surface area contributed by atoms with E-state index in [2.05, 4.69) is 42.3 Å². The number of hydrogen-bond acceptors (Lipinski definition) is 6. The summed E-state index contributed by atoms with van der Waals surface area (Å²) in [5, 5.41) is 30.6. The van der Waals surface area contributed by atoms with E-state index in [1.165, 1.54) is 23.4 Å². The minimum atomic E-state index is -1.23. The molecule has 1 amide bonds. The average Bonchev–Trinajstić information content (AvgIpc) is 2.76. The van der Waals surface area contributed by atoms with Crippen LogP contribution < -0.4 is 5.32 Å². The smallest absolute Gasteiger partial charge is 0.278 e. The van der Waals surface area contributed by atoms with Crippen LogP contribution in [0.1, 0.15) is 28.4 Å². The zero-order valence-electron chi connectivity index (χ0n) is 16.6. The van der Waals surface area contributed by atoms with Gasteiger partial charge in [0.2, 0.25) is 0 Å². The first-order chi connectivity index (χ1) is 15.2. The Hall–Kier alpha value is -3.24. The summed E-state index contributed by atoms with van der Waals surface area (Å²) in [4.78, 5) is 24.3. The summed E-state index contributed by atoms with van der Waals surface area (Å²) < 4.78 is 1.17. The normalized spacial score (nSPS) is 17.8. The third kappa shape index (κ3) is 3.87. The lowest BCUT2D eigenvalue weighted by Crippen LogP contribution is -2.53. The Morgan fingerprint density at radius 3 is 2.66 bits per heavy atom. The molecule has 0 bridgehead atoms. The number of anilines is 1. The number of nitrogens with zero attached hydrogens (tertiary/aromatic N) is 3. The fourth-order valence-electron chi connectivity index (χ4n) is 3.50. The standard InChI is InChI=1S/C22H16Br2N4O4/c1-22(14-5-4-6-16(10-14)28(31)32)26-19-8-3-2-7-17(19)21(30)27(22)25-12-13-9-15(23)11-18(24)20(13)29/h2-12,26,29H,1H3/b25-12+. The van der Waals surface area contributed by atoms with E-state index in [0.717, 1.165) is 0 Å². The SMILES string of the molecule is CC1(c2cccc([N+](=O)[O-])c2)Nc2ccccc2C(=O)N1/N=C/c1cc(Br)cc(Br)c1O. The number of hydrazone groups is 1. The largest absolute Gasteiger partial charge is 0.506 e. The highest BCUT2D eigenvalue weighted by molar-refractivity contribution is 9.11. The van der Waals surface area contributed by atoms with Gasteiger partial charge in [-0.1, -0.05) is 40.2 Å². The van der Waals surface area contributed by atoms with Crippen LogP contribution in [0.4, 0.5) is 11.4 Å². The molecule has 0 aliphatic carbocycles. The molecular formula is C22H16Br2N4O4. The van der Waals surface area contributed by atoms with Crippen LogP contribution in [0.3, 0.4) is 0 Å². The van der Waals surface area contributed by atoms with Gasteiger partial charge in [0.15, 0.2) is 5.66 Å². The summed E-state index contributed by atoms with van der Waals surface area (Å²) in [5.74, 6) is -0.426. The monoisotopic (exact) mass is 558 g/mol. The van der Waals surface area contributed by atoms with Crippen LogP contribution in [0, 0.1) is 10.1 Å². The van der Waals surface area contributed by atoms with E-state index in [1.54, 1.807) is 55.5 Å². The van der Waals surface area contributed by atoms with Crippen LogP contribution in [-0.4, -0.2) is 27.2 Å². The van der Waals surface area contributed by atoms with Crippen molar-refractivity contribution in [2.45, 2.75) is 12.6 Å². The molecule has 2 N–H and O–H groups in total. The number of para-hydroxylation sites is 1. The van der Waals surface area contributed by atoms with Crippen LogP contribution in [0.5, 0.6) is 5.75 Å². The molecule has 3 aromatic rings. The number of halogens is 2. The van der Waals surface area contributed by atoms with Crippen molar-refractivity contribution in [2.75, 3.05) is 5.32 Å². The number of phenolic OH excluding ortho intramolecular Hbond substituents is 1. The number of phenols is 1. The maximum absolute atomic E-state index is 13.4. The van der Waals surface area contributed by atoms with Gasteiger partial charge in [-0.3, -0.25) is 14.9 Å². The molecule has 1 aliphatic heterocycles. The van der Waals surface area contributed by atoms with Crippen molar-refractivity contribution in [1.82, 2.24) is 5.01 Å². The van der Waals surface area contributed by atoms with Crippen molar-refractivity contribution in [2.24, 2.45) is 5.10 Å². The molecule has 0 saturated heterocycles. The summed E-state index contributed by atoms with van der Waals surface area (Å²) in [6.07, 6.45) is 1.37. The second-order valence-electron chi connectivity index (χ2n) is 7.24. The molecule has 0 radical (unpaired) electrons. The molecule has 1 heterocycles. The number of benzene rings is 3. The van der Waals surface area contributed by atoms with Gasteiger partial charge in [0.1, 0.15) is 5.75 Å². The number of nitro groups is 1. The predicted molar refractivity (Wildman–Crippen MR) is 128 cm³/mol. The number of rotatable bonds is 4. The molecular weight excluding hydrogens is 544 g/mol. The quantitative estimate of drug-likeness (QED) is 0.246. The van der Waals surface area contributed by atoms with Crippen molar-refractivity contribution >= 4 is 55.4 Å². The fourth-order valence-corrected chi connectivity index (χ4v) is 4.76. The minimum absolute atomic E-state index is 0.0354. The van der Waals surface area contributed by atoms with E-state index in [0.29, 0.717) is 31.3 Å². The third-order valence-electron chi connectivity index (χ3n) is 5.14. The maximum atomic E-state index is 13.4. The number of nitro benzene ring substituents is 1.